The van der Waals surface area contributed by atoms with E-state index in [-0.39, 0.29) is 5.84 Å². The van der Waals surface area contributed by atoms with Crippen molar-refractivity contribution < 1.29 is 5.21 Å². The van der Waals surface area contributed by atoms with Crippen LogP contribution in [0.1, 0.15) is 26.0 Å². The molecule has 1 saturated heterocycles. The Bertz CT molecular complexity index is 470. The molecular weight excluding hydrogens is 256 g/mol. The summed E-state index contributed by atoms with van der Waals surface area (Å²) >= 11 is 0. The Morgan fingerprint density at radius 2 is 2.15 bits per heavy atom. The van der Waals surface area contributed by atoms with Gasteiger partial charge in [-0.3, -0.25) is 4.90 Å². The summed E-state index contributed by atoms with van der Waals surface area (Å²) in [5.41, 5.74) is 6.00. The van der Waals surface area contributed by atoms with Crippen LogP contribution in [0.4, 0.5) is 5.95 Å². The molecule has 1 atom stereocenters. The molecule has 0 saturated carbocycles. The second kappa shape index (κ2) is 6.51. The van der Waals surface area contributed by atoms with Gasteiger partial charge in [-0.1, -0.05) is 12.1 Å². The Kier molecular flexibility index (Phi) is 4.73. The van der Waals surface area contributed by atoms with Crippen molar-refractivity contribution in [2.45, 2.75) is 26.3 Å². The van der Waals surface area contributed by atoms with Gasteiger partial charge in [0, 0.05) is 38.4 Å². The third-order valence-electron chi connectivity index (χ3n) is 3.82. The molecule has 1 aromatic rings. The molecule has 0 amide bonds. The van der Waals surface area contributed by atoms with Crippen LogP contribution in [0, 0.1) is 0 Å². The van der Waals surface area contributed by atoms with Gasteiger partial charge in [-0.05, 0) is 19.4 Å². The van der Waals surface area contributed by atoms with Gasteiger partial charge in [0.1, 0.15) is 5.69 Å². The number of oxime groups is 1. The highest BCUT2D eigenvalue weighted by molar-refractivity contribution is 5.95. The number of rotatable bonds is 4. The van der Waals surface area contributed by atoms with E-state index in [0.29, 0.717) is 17.7 Å². The minimum absolute atomic E-state index is 0.00638. The van der Waals surface area contributed by atoms with Gasteiger partial charge in [-0.2, -0.15) is 0 Å². The van der Waals surface area contributed by atoms with E-state index in [9.17, 15) is 0 Å². The molecule has 1 fully saturated rings. The van der Waals surface area contributed by atoms with Crippen molar-refractivity contribution in [3.05, 3.63) is 18.0 Å². The molecule has 2 heterocycles. The van der Waals surface area contributed by atoms with Crippen molar-refractivity contribution in [3.63, 3.8) is 0 Å². The summed E-state index contributed by atoms with van der Waals surface area (Å²) < 4.78 is 0. The lowest BCUT2D eigenvalue weighted by Crippen LogP contribution is -2.50. The molecule has 7 nitrogen and oxygen atoms in total. The first-order valence-electron chi connectivity index (χ1n) is 6.95. The molecule has 0 radical (unpaired) electrons. The number of anilines is 1. The molecule has 2 rings (SSSR count). The highest BCUT2D eigenvalue weighted by Gasteiger charge is 2.21. The van der Waals surface area contributed by atoms with Gasteiger partial charge in [0.25, 0.3) is 0 Å². The van der Waals surface area contributed by atoms with Crippen LogP contribution in [0.3, 0.4) is 0 Å². The predicted molar refractivity (Wildman–Crippen MR) is 78.1 cm³/mol. The van der Waals surface area contributed by atoms with Crippen molar-refractivity contribution in [3.8, 4) is 0 Å². The molecule has 1 aromatic heterocycles. The predicted octanol–water partition coefficient (Wildman–Crippen LogP) is 0.492. The quantitative estimate of drug-likeness (QED) is 0.360. The molecule has 1 aliphatic rings. The number of aromatic nitrogens is 2. The van der Waals surface area contributed by atoms with Crippen LogP contribution in [0.5, 0.6) is 0 Å². The molecule has 1 aliphatic heterocycles. The molecule has 7 heteroatoms. The summed E-state index contributed by atoms with van der Waals surface area (Å²) in [6, 6.07) is 2.25. The van der Waals surface area contributed by atoms with E-state index in [2.05, 4.69) is 38.8 Å². The van der Waals surface area contributed by atoms with E-state index in [4.69, 9.17) is 10.9 Å². The van der Waals surface area contributed by atoms with Crippen LogP contribution in [0.25, 0.3) is 0 Å². The van der Waals surface area contributed by atoms with E-state index < -0.39 is 0 Å². The molecule has 1 unspecified atom stereocenters. The maximum absolute atomic E-state index is 8.69. The van der Waals surface area contributed by atoms with Crippen LogP contribution >= 0.6 is 0 Å². The maximum atomic E-state index is 8.69. The largest absolute Gasteiger partial charge is 0.409 e. The summed E-state index contributed by atoms with van der Waals surface area (Å²) in [7, 11) is 0. The lowest BCUT2D eigenvalue weighted by Gasteiger charge is -2.37. The number of nitrogens with zero attached hydrogens (tertiary/aromatic N) is 5. The summed E-state index contributed by atoms with van der Waals surface area (Å²) in [5.74, 6) is 0.643. The van der Waals surface area contributed by atoms with Crippen molar-refractivity contribution >= 4 is 11.8 Å². The van der Waals surface area contributed by atoms with E-state index in [0.717, 1.165) is 32.6 Å². The van der Waals surface area contributed by atoms with E-state index in [1.165, 1.54) is 0 Å². The van der Waals surface area contributed by atoms with Crippen LogP contribution in [0.15, 0.2) is 17.4 Å². The van der Waals surface area contributed by atoms with Gasteiger partial charge in [-0.25, -0.2) is 9.97 Å². The minimum Gasteiger partial charge on any atom is -0.409 e. The second-order valence-corrected chi connectivity index (χ2v) is 5.01. The van der Waals surface area contributed by atoms with E-state index in [1.54, 1.807) is 12.3 Å². The minimum atomic E-state index is 0.00638. The normalized spacial score (nSPS) is 19.1. The molecule has 3 N–H and O–H groups in total. The zero-order chi connectivity index (χ0) is 14.5. The summed E-state index contributed by atoms with van der Waals surface area (Å²) in [6.45, 7) is 8.26. The monoisotopic (exact) mass is 278 g/mol. The first-order valence-corrected chi connectivity index (χ1v) is 6.95. The average Bonchev–Trinajstić information content (AvgIpc) is 2.53. The van der Waals surface area contributed by atoms with Gasteiger partial charge >= 0.3 is 0 Å². The Labute approximate surface area is 119 Å². The summed E-state index contributed by atoms with van der Waals surface area (Å²) in [5, 5.41) is 11.7. The molecule has 0 aromatic carbocycles. The van der Waals surface area contributed by atoms with Gasteiger partial charge in [0.05, 0.1) is 0 Å². The third kappa shape index (κ3) is 3.16. The van der Waals surface area contributed by atoms with Crippen LogP contribution in [0.2, 0.25) is 0 Å². The third-order valence-corrected chi connectivity index (χ3v) is 3.82. The smallest absolute Gasteiger partial charge is 0.226 e. The van der Waals surface area contributed by atoms with Crippen LogP contribution in [-0.2, 0) is 0 Å². The Morgan fingerprint density at radius 1 is 1.45 bits per heavy atom. The fourth-order valence-electron chi connectivity index (χ4n) is 2.32. The number of hydrogen-bond donors (Lipinski definition) is 2. The van der Waals surface area contributed by atoms with Crippen molar-refractivity contribution in [1.82, 2.24) is 14.9 Å². The number of amidine groups is 1. The fourth-order valence-corrected chi connectivity index (χ4v) is 2.32. The van der Waals surface area contributed by atoms with Gasteiger partial charge in [0.15, 0.2) is 5.84 Å². The molecule has 20 heavy (non-hydrogen) atoms. The number of piperazine rings is 1. The highest BCUT2D eigenvalue weighted by Crippen LogP contribution is 2.13. The van der Waals surface area contributed by atoms with E-state index in [1.807, 2.05) is 0 Å². The summed E-state index contributed by atoms with van der Waals surface area (Å²) in [6.07, 6.45) is 2.80. The molecular formula is C13H22N6O. The lowest BCUT2D eigenvalue weighted by atomic mass is 10.2. The van der Waals surface area contributed by atoms with E-state index >= 15 is 0 Å². The second-order valence-electron chi connectivity index (χ2n) is 5.01. The zero-order valence-corrected chi connectivity index (χ0v) is 12.0. The van der Waals surface area contributed by atoms with Gasteiger partial charge in [0.2, 0.25) is 5.95 Å². The Hall–Kier alpha value is -1.89. The number of nitrogens with two attached hydrogens (primary N) is 1. The molecule has 110 valence electrons. The average molecular weight is 278 g/mol. The maximum Gasteiger partial charge on any atom is 0.226 e. The van der Waals surface area contributed by atoms with Crippen LogP contribution in [-0.4, -0.2) is 58.1 Å². The zero-order valence-electron chi connectivity index (χ0n) is 12.0. The van der Waals surface area contributed by atoms with Crippen molar-refractivity contribution in [2.24, 2.45) is 10.9 Å². The summed E-state index contributed by atoms with van der Waals surface area (Å²) in [4.78, 5) is 13.2. The number of hydrogen-bond acceptors (Lipinski definition) is 6. The molecule has 0 aliphatic carbocycles. The van der Waals surface area contributed by atoms with Crippen LogP contribution < -0.4 is 10.6 Å². The van der Waals surface area contributed by atoms with Crippen molar-refractivity contribution in [2.75, 3.05) is 31.1 Å². The van der Waals surface area contributed by atoms with Gasteiger partial charge in [-0.15, -0.1) is 0 Å². The first-order chi connectivity index (χ1) is 9.65. The Balaban J connectivity index is 2.04. The standard InChI is InChI=1S/C13H22N6O/c1-3-10(2)18-6-8-19(9-7-18)13-15-5-4-11(16-13)12(14)17-20/h4-5,10,20H,3,6-9H2,1-2H3,(H2,14,17). The topological polar surface area (TPSA) is 90.9 Å². The Morgan fingerprint density at radius 3 is 2.75 bits per heavy atom. The SMILES string of the molecule is CCC(C)N1CCN(c2nccc(/C(N)=N/O)n2)CC1. The molecule has 0 bridgehead atoms. The van der Waals surface area contributed by atoms with Gasteiger partial charge < -0.3 is 15.8 Å². The van der Waals surface area contributed by atoms with Crippen molar-refractivity contribution in [1.29, 1.82) is 0 Å². The molecule has 0 spiro atoms. The highest BCUT2D eigenvalue weighted by atomic mass is 16.4. The fraction of sp³-hybridized carbons (Fsp3) is 0.615. The lowest BCUT2D eigenvalue weighted by molar-refractivity contribution is 0.192. The first kappa shape index (κ1) is 14.5.